The first-order valence-corrected chi connectivity index (χ1v) is 8.23. The third-order valence-electron chi connectivity index (χ3n) is 4.40. The number of nitrogens with two attached hydrogens (primary N) is 1. The van der Waals surface area contributed by atoms with E-state index in [4.69, 9.17) is 5.73 Å². The van der Waals surface area contributed by atoms with Crippen LogP contribution in [0.15, 0.2) is 0 Å². The molecular formula is C16H32N2O. The Labute approximate surface area is 118 Å². The minimum atomic E-state index is 0.201. The zero-order valence-corrected chi connectivity index (χ0v) is 12.9. The van der Waals surface area contributed by atoms with Gasteiger partial charge in [0.1, 0.15) is 0 Å². The quantitative estimate of drug-likeness (QED) is 0.735. The molecular weight excluding hydrogens is 236 g/mol. The Kier molecular flexibility index (Phi) is 8.11. The van der Waals surface area contributed by atoms with Gasteiger partial charge >= 0.3 is 0 Å². The van der Waals surface area contributed by atoms with Crippen molar-refractivity contribution in [3.05, 3.63) is 0 Å². The monoisotopic (exact) mass is 268 g/mol. The van der Waals surface area contributed by atoms with Crippen molar-refractivity contribution in [3.63, 3.8) is 0 Å². The number of hydrogen-bond donors (Lipinski definition) is 1. The molecule has 1 rings (SSSR count). The van der Waals surface area contributed by atoms with Gasteiger partial charge in [-0.25, -0.2) is 0 Å². The molecule has 0 aliphatic heterocycles. The fourth-order valence-corrected chi connectivity index (χ4v) is 3.08. The number of rotatable bonds is 8. The molecule has 0 aromatic rings. The van der Waals surface area contributed by atoms with Crippen LogP contribution in [0.25, 0.3) is 0 Å². The molecule has 0 aromatic carbocycles. The molecule has 3 nitrogen and oxygen atoms in total. The Morgan fingerprint density at radius 2 is 1.68 bits per heavy atom. The third-order valence-corrected chi connectivity index (χ3v) is 4.40. The van der Waals surface area contributed by atoms with Crippen LogP contribution in [0.2, 0.25) is 0 Å². The summed E-state index contributed by atoms with van der Waals surface area (Å²) >= 11 is 0. The fourth-order valence-electron chi connectivity index (χ4n) is 3.08. The van der Waals surface area contributed by atoms with Gasteiger partial charge in [0.2, 0.25) is 5.91 Å². The molecule has 0 saturated heterocycles. The lowest BCUT2D eigenvalue weighted by Crippen LogP contribution is -2.43. The molecule has 3 heteroatoms. The predicted octanol–water partition coefficient (Wildman–Crippen LogP) is 3.18. The first-order valence-electron chi connectivity index (χ1n) is 8.23. The van der Waals surface area contributed by atoms with Gasteiger partial charge in [-0.3, -0.25) is 4.79 Å². The Morgan fingerprint density at radius 1 is 1.11 bits per heavy atom. The standard InChI is InChI=1S/C16H32N2O/c1-3-5-11-18(12-6-4-2)16(19)15-10-8-7-9-14(15)13-17/h14-15H,3-13,17H2,1-2H3. The molecule has 0 spiro atoms. The zero-order valence-electron chi connectivity index (χ0n) is 12.9. The van der Waals surface area contributed by atoms with Crippen LogP contribution in [-0.4, -0.2) is 30.4 Å². The van der Waals surface area contributed by atoms with Crippen LogP contribution in [0.3, 0.4) is 0 Å². The van der Waals surface area contributed by atoms with Crippen molar-refractivity contribution >= 4 is 5.91 Å². The number of carbonyl (C=O) groups excluding carboxylic acids is 1. The summed E-state index contributed by atoms with van der Waals surface area (Å²) < 4.78 is 0. The zero-order chi connectivity index (χ0) is 14.1. The summed E-state index contributed by atoms with van der Waals surface area (Å²) in [6.45, 7) is 6.91. The van der Waals surface area contributed by atoms with Gasteiger partial charge in [0.05, 0.1) is 0 Å². The summed E-state index contributed by atoms with van der Waals surface area (Å²) in [6, 6.07) is 0. The topological polar surface area (TPSA) is 46.3 Å². The molecule has 1 amide bonds. The maximum atomic E-state index is 12.7. The van der Waals surface area contributed by atoms with Crippen molar-refractivity contribution in [2.24, 2.45) is 17.6 Å². The van der Waals surface area contributed by atoms with Crippen LogP contribution < -0.4 is 5.73 Å². The number of amides is 1. The molecule has 0 radical (unpaired) electrons. The maximum Gasteiger partial charge on any atom is 0.226 e. The summed E-state index contributed by atoms with van der Waals surface area (Å²) in [5, 5.41) is 0. The van der Waals surface area contributed by atoms with Crippen molar-refractivity contribution in [2.45, 2.75) is 65.2 Å². The van der Waals surface area contributed by atoms with E-state index in [1.54, 1.807) is 0 Å². The average Bonchev–Trinajstić information content (AvgIpc) is 2.46. The molecule has 1 aliphatic rings. The summed E-state index contributed by atoms with van der Waals surface area (Å²) in [5.74, 6) is 1.01. The molecule has 112 valence electrons. The van der Waals surface area contributed by atoms with Gasteiger partial charge in [-0.2, -0.15) is 0 Å². The van der Waals surface area contributed by atoms with Crippen molar-refractivity contribution in [1.82, 2.24) is 4.90 Å². The Balaban J connectivity index is 2.61. The highest BCUT2D eigenvalue weighted by Crippen LogP contribution is 2.31. The number of hydrogen-bond acceptors (Lipinski definition) is 2. The van der Waals surface area contributed by atoms with E-state index in [1.807, 2.05) is 0 Å². The van der Waals surface area contributed by atoms with Crippen LogP contribution in [-0.2, 0) is 4.79 Å². The summed E-state index contributed by atoms with van der Waals surface area (Å²) in [4.78, 5) is 14.9. The Morgan fingerprint density at radius 3 is 2.21 bits per heavy atom. The van der Waals surface area contributed by atoms with E-state index in [0.717, 1.165) is 51.6 Å². The van der Waals surface area contributed by atoms with Crippen LogP contribution in [0.1, 0.15) is 65.2 Å². The summed E-state index contributed by atoms with van der Waals surface area (Å²) in [7, 11) is 0. The summed E-state index contributed by atoms with van der Waals surface area (Å²) in [5.41, 5.74) is 5.86. The highest BCUT2D eigenvalue weighted by molar-refractivity contribution is 5.79. The molecule has 1 aliphatic carbocycles. The molecule has 0 aromatic heterocycles. The van der Waals surface area contributed by atoms with Crippen molar-refractivity contribution < 1.29 is 4.79 Å². The van der Waals surface area contributed by atoms with E-state index in [9.17, 15) is 4.79 Å². The van der Waals surface area contributed by atoms with E-state index in [-0.39, 0.29) is 5.92 Å². The Hall–Kier alpha value is -0.570. The molecule has 2 N–H and O–H groups in total. The molecule has 1 saturated carbocycles. The highest BCUT2D eigenvalue weighted by Gasteiger charge is 2.32. The van der Waals surface area contributed by atoms with Gasteiger partial charge in [-0.1, -0.05) is 39.5 Å². The number of nitrogens with zero attached hydrogens (tertiary/aromatic N) is 1. The van der Waals surface area contributed by atoms with E-state index in [0.29, 0.717) is 18.4 Å². The lowest BCUT2D eigenvalue weighted by molar-refractivity contribution is -0.138. The van der Waals surface area contributed by atoms with Gasteiger partial charge < -0.3 is 10.6 Å². The largest absolute Gasteiger partial charge is 0.342 e. The van der Waals surface area contributed by atoms with E-state index < -0.39 is 0 Å². The SMILES string of the molecule is CCCCN(CCCC)C(=O)C1CCCCC1CN. The van der Waals surface area contributed by atoms with Crippen LogP contribution >= 0.6 is 0 Å². The van der Waals surface area contributed by atoms with Crippen molar-refractivity contribution in [3.8, 4) is 0 Å². The fraction of sp³-hybridized carbons (Fsp3) is 0.938. The van der Waals surface area contributed by atoms with Gasteiger partial charge in [-0.15, -0.1) is 0 Å². The molecule has 0 heterocycles. The van der Waals surface area contributed by atoms with Gasteiger partial charge in [0.25, 0.3) is 0 Å². The van der Waals surface area contributed by atoms with E-state index >= 15 is 0 Å². The van der Waals surface area contributed by atoms with Crippen LogP contribution in [0, 0.1) is 11.8 Å². The number of unbranched alkanes of at least 4 members (excludes halogenated alkanes) is 2. The lowest BCUT2D eigenvalue weighted by atomic mass is 9.78. The van der Waals surface area contributed by atoms with Gasteiger partial charge in [-0.05, 0) is 38.1 Å². The molecule has 19 heavy (non-hydrogen) atoms. The van der Waals surface area contributed by atoms with Gasteiger partial charge in [0, 0.05) is 19.0 Å². The molecule has 1 fully saturated rings. The predicted molar refractivity (Wildman–Crippen MR) is 80.9 cm³/mol. The van der Waals surface area contributed by atoms with Crippen molar-refractivity contribution in [2.75, 3.05) is 19.6 Å². The minimum Gasteiger partial charge on any atom is -0.342 e. The highest BCUT2D eigenvalue weighted by atomic mass is 16.2. The first kappa shape index (κ1) is 16.5. The van der Waals surface area contributed by atoms with E-state index in [2.05, 4.69) is 18.7 Å². The second-order valence-electron chi connectivity index (χ2n) is 5.92. The summed E-state index contributed by atoms with van der Waals surface area (Å²) in [6.07, 6.45) is 9.18. The van der Waals surface area contributed by atoms with Gasteiger partial charge in [0.15, 0.2) is 0 Å². The lowest BCUT2D eigenvalue weighted by Gasteiger charge is -2.34. The minimum absolute atomic E-state index is 0.201. The smallest absolute Gasteiger partial charge is 0.226 e. The normalized spacial score (nSPS) is 23.3. The van der Waals surface area contributed by atoms with Crippen LogP contribution in [0.4, 0.5) is 0 Å². The Bertz CT molecular complexity index is 247. The molecule has 2 atom stereocenters. The molecule has 0 bridgehead atoms. The third kappa shape index (κ3) is 5.13. The second kappa shape index (κ2) is 9.35. The first-order chi connectivity index (χ1) is 9.24. The number of carbonyl (C=O) groups is 1. The second-order valence-corrected chi connectivity index (χ2v) is 5.92. The maximum absolute atomic E-state index is 12.7. The van der Waals surface area contributed by atoms with Crippen molar-refractivity contribution in [1.29, 1.82) is 0 Å². The van der Waals surface area contributed by atoms with E-state index in [1.165, 1.54) is 12.8 Å². The molecule has 2 unspecified atom stereocenters. The average molecular weight is 268 g/mol. The van der Waals surface area contributed by atoms with Crippen LogP contribution in [0.5, 0.6) is 0 Å².